The highest BCUT2D eigenvalue weighted by Crippen LogP contribution is 2.72. The minimum absolute atomic E-state index is 0.0536. The molecule has 1 N–H and O–H groups in total. The van der Waals surface area contributed by atoms with E-state index in [0.29, 0.717) is 37.9 Å². The second kappa shape index (κ2) is 8.10. The number of alkyl halides is 2. The molecule has 5 aliphatic rings. The van der Waals surface area contributed by atoms with Crippen LogP contribution >= 0.6 is 0 Å². The predicted molar refractivity (Wildman–Crippen MR) is 129 cm³/mol. The van der Waals surface area contributed by atoms with E-state index in [1.807, 2.05) is 6.92 Å². The number of halogens is 3. The van der Waals surface area contributed by atoms with E-state index in [1.165, 1.54) is 24.3 Å². The number of nitrogens with zero attached hydrogens (tertiary/aromatic N) is 1. The molecule has 0 radical (unpaired) electrons. The molecule has 6 rings (SSSR count). The number of benzene rings is 1. The Morgan fingerprint density at radius 1 is 1.22 bits per heavy atom. The molecule has 37 heavy (non-hydrogen) atoms. The van der Waals surface area contributed by atoms with Crippen LogP contribution in [0.2, 0.25) is 0 Å². The highest BCUT2D eigenvalue weighted by atomic mass is 19.1. The molecule has 1 aromatic rings. The molecule has 1 aliphatic heterocycles. The predicted octanol–water partition coefficient (Wildman–Crippen LogP) is 4.45. The van der Waals surface area contributed by atoms with Crippen molar-refractivity contribution in [3.05, 3.63) is 59.4 Å². The molecule has 0 unspecified atom stereocenters. The number of hydrogen-bond acceptors (Lipinski definition) is 5. The number of aliphatic hydroxyl groups excluding tert-OH is 1. The number of rotatable bonds is 4. The highest BCUT2D eigenvalue weighted by molar-refractivity contribution is 6.01. The fourth-order valence-electron chi connectivity index (χ4n) is 8.82. The molecule has 8 atom stereocenters. The fraction of sp³-hybridized carbons (Fsp3) is 0.586. The van der Waals surface area contributed by atoms with Crippen LogP contribution in [0.5, 0.6) is 0 Å². The first-order chi connectivity index (χ1) is 17.5. The summed E-state index contributed by atoms with van der Waals surface area (Å²) in [7, 11) is 0. The van der Waals surface area contributed by atoms with E-state index >= 15 is 4.39 Å². The monoisotopic (exact) mass is 515 g/mol. The number of allylic oxidation sites excluding steroid dienone is 4. The molecular formula is C29H32F3NO4. The maximum Gasteiger partial charge on any atom is 0.198 e. The van der Waals surface area contributed by atoms with Crippen molar-refractivity contribution < 1.29 is 32.7 Å². The van der Waals surface area contributed by atoms with Gasteiger partial charge in [0.2, 0.25) is 0 Å². The quantitative estimate of drug-likeness (QED) is 0.642. The van der Waals surface area contributed by atoms with Crippen molar-refractivity contribution in [1.29, 1.82) is 0 Å². The fourth-order valence-corrected chi connectivity index (χ4v) is 8.82. The Morgan fingerprint density at radius 2 is 1.95 bits per heavy atom. The van der Waals surface area contributed by atoms with Gasteiger partial charge in [-0.1, -0.05) is 30.7 Å². The summed E-state index contributed by atoms with van der Waals surface area (Å²) in [4.78, 5) is 31.8. The van der Waals surface area contributed by atoms with Gasteiger partial charge in [0.15, 0.2) is 29.5 Å². The van der Waals surface area contributed by atoms with Crippen molar-refractivity contribution >= 4 is 11.6 Å². The lowest BCUT2D eigenvalue weighted by Crippen LogP contribution is -2.69. The van der Waals surface area contributed by atoms with Crippen LogP contribution < -0.4 is 0 Å². The third kappa shape index (κ3) is 3.09. The molecule has 198 valence electrons. The number of carbonyl (C=O) groups is 2. The van der Waals surface area contributed by atoms with Crippen molar-refractivity contribution in [2.45, 2.75) is 63.4 Å². The van der Waals surface area contributed by atoms with E-state index in [9.17, 15) is 23.5 Å². The number of aliphatic hydroxyl groups is 1. The normalized spacial score (nSPS) is 44.6. The molecule has 1 saturated heterocycles. The number of Topliss-reactive ketones (excluding diaryl/α,β-unsaturated/α-hetero) is 1. The molecule has 8 heteroatoms. The lowest BCUT2D eigenvalue weighted by atomic mass is 9.44. The smallest absolute Gasteiger partial charge is 0.198 e. The van der Waals surface area contributed by atoms with Crippen LogP contribution in [0, 0.1) is 34.4 Å². The third-order valence-corrected chi connectivity index (χ3v) is 10.5. The van der Waals surface area contributed by atoms with Crippen molar-refractivity contribution in [2.24, 2.45) is 28.6 Å². The van der Waals surface area contributed by atoms with Crippen molar-refractivity contribution in [2.75, 3.05) is 13.2 Å². The van der Waals surface area contributed by atoms with Gasteiger partial charge in [0.1, 0.15) is 5.82 Å². The van der Waals surface area contributed by atoms with Crippen LogP contribution in [0.3, 0.4) is 0 Å². The Labute approximate surface area is 214 Å². The van der Waals surface area contributed by atoms with E-state index in [-0.39, 0.29) is 29.9 Å². The molecule has 1 heterocycles. The van der Waals surface area contributed by atoms with Gasteiger partial charge in [-0.25, -0.2) is 13.2 Å². The number of fused-ring (bicyclic) bond motifs is 7. The first-order valence-electron chi connectivity index (χ1n) is 13.1. The lowest BCUT2D eigenvalue weighted by Gasteiger charge is -2.62. The maximum absolute atomic E-state index is 17.4. The van der Waals surface area contributed by atoms with Crippen molar-refractivity contribution in [3.8, 4) is 0 Å². The number of hydroxylamine groups is 2. The Bertz CT molecular complexity index is 1220. The van der Waals surface area contributed by atoms with E-state index in [2.05, 4.69) is 0 Å². The summed E-state index contributed by atoms with van der Waals surface area (Å²) in [6, 6.07) is 5.98. The molecule has 0 amide bonds. The minimum Gasteiger partial charge on any atom is -0.390 e. The molecule has 1 aromatic carbocycles. The minimum atomic E-state index is -2.02. The standard InChI is InChI=1S/C29H32F3NO4/c1-26-10-9-21(34)11-18(26)5-8-22-23-12-19-16-33(15-17-3-6-20(31)7-4-17)37-29(19,25(36)14-30)27(23,2)13-24(35)28(22,26)32/h3-4,6-7,9-11,19,22-24,35H,5,8,12-16H2,1-2H3/t19-,22-,23-,24-,26-,27-,28-,29-/m0/s1. The van der Waals surface area contributed by atoms with Gasteiger partial charge in [0.25, 0.3) is 0 Å². The van der Waals surface area contributed by atoms with Crippen molar-refractivity contribution in [3.63, 3.8) is 0 Å². The largest absolute Gasteiger partial charge is 0.390 e. The zero-order valence-electron chi connectivity index (χ0n) is 21.1. The Balaban J connectivity index is 1.37. The Hall–Kier alpha value is -2.29. The first-order valence-corrected chi connectivity index (χ1v) is 13.1. The molecule has 5 nitrogen and oxygen atoms in total. The number of carbonyl (C=O) groups excluding carboxylic acids is 2. The second-order valence-corrected chi connectivity index (χ2v) is 12.0. The van der Waals surface area contributed by atoms with Gasteiger partial charge >= 0.3 is 0 Å². The van der Waals surface area contributed by atoms with Crippen LogP contribution in [0.4, 0.5) is 13.2 Å². The molecule has 0 aromatic heterocycles. The Kier molecular flexibility index (Phi) is 5.48. The molecule has 3 saturated carbocycles. The second-order valence-electron chi connectivity index (χ2n) is 12.0. The van der Waals surface area contributed by atoms with Gasteiger partial charge < -0.3 is 5.11 Å². The summed E-state index contributed by atoms with van der Waals surface area (Å²) in [5.74, 6) is -2.46. The van der Waals surface area contributed by atoms with Crippen LogP contribution in [0.25, 0.3) is 0 Å². The SMILES string of the molecule is C[C@]12C=CC(=O)C=C1CC[C@H]1[C@@H]3C[C@H]4CN(Cc5ccc(F)cc5)O[C@@]4(C(=O)CF)[C@@]3(C)C[C@H](O)[C@@]12F. The maximum atomic E-state index is 17.4. The zero-order valence-corrected chi connectivity index (χ0v) is 21.1. The summed E-state index contributed by atoms with van der Waals surface area (Å²) < 4.78 is 44.9. The van der Waals surface area contributed by atoms with E-state index < -0.39 is 46.6 Å². The summed E-state index contributed by atoms with van der Waals surface area (Å²) >= 11 is 0. The van der Waals surface area contributed by atoms with Crippen LogP contribution in [-0.2, 0) is 21.0 Å². The van der Waals surface area contributed by atoms with Gasteiger partial charge in [-0.15, -0.1) is 0 Å². The molecular weight excluding hydrogens is 483 g/mol. The Morgan fingerprint density at radius 3 is 2.65 bits per heavy atom. The third-order valence-electron chi connectivity index (χ3n) is 10.5. The summed E-state index contributed by atoms with van der Waals surface area (Å²) in [5.41, 5.74) is -4.17. The molecule has 0 bridgehead atoms. The summed E-state index contributed by atoms with van der Waals surface area (Å²) in [6.07, 6.45) is 4.42. The average Bonchev–Trinajstić information content (AvgIpc) is 3.34. The van der Waals surface area contributed by atoms with Gasteiger partial charge in [0, 0.05) is 35.8 Å². The summed E-state index contributed by atoms with van der Waals surface area (Å²) in [5, 5.41) is 13.2. The molecule has 4 fully saturated rings. The highest BCUT2D eigenvalue weighted by Gasteiger charge is 2.78. The van der Waals surface area contributed by atoms with Gasteiger partial charge in [-0.2, -0.15) is 5.06 Å². The van der Waals surface area contributed by atoms with Crippen molar-refractivity contribution in [1.82, 2.24) is 5.06 Å². The lowest BCUT2D eigenvalue weighted by molar-refractivity contribution is -0.267. The van der Waals surface area contributed by atoms with Gasteiger partial charge in [-0.3, -0.25) is 14.4 Å². The molecule has 4 aliphatic carbocycles. The summed E-state index contributed by atoms with van der Waals surface area (Å²) in [6.45, 7) is 3.04. The first kappa shape index (κ1) is 25.0. The van der Waals surface area contributed by atoms with Crippen LogP contribution in [0.1, 0.15) is 45.1 Å². The topological polar surface area (TPSA) is 66.8 Å². The number of hydrogen-bond donors (Lipinski definition) is 1. The average molecular weight is 516 g/mol. The van der Waals surface area contributed by atoms with E-state index in [0.717, 1.165) is 5.56 Å². The van der Waals surface area contributed by atoms with Gasteiger partial charge in [0.05, 0.1) is 6.10 Å². The van der Waals surface area contributed by atoms with Crippen LogP contribution in [0.15, 0.2) is 48.1 Å². The molecule has 0 spiro atoms. The van der Waals surface area contributed by atoms with Crippen LogP contribution in [-0.4, -0.2) is 52.3 Å². The number of ketones is 2. The van der Waals surface area contributed by atoms with E-state index in [4.69, 9.17) is 4.84 Å². The zero-order chi connectivity index (χ0) is 26.4. The van der Waals surface area contributed by atoms with Gasteiger partial charge in [-0.05, 0) is 68.4 Å². The van der Waals surface area contributed by atoms with E-state index in [1.54, 1.807) is 30.2 Å².